The third-order valence-corrected chi connectivity index (χ3v) is 3.69. The van der Waals surface area contributed by atoms with Gasteiger partial charge in [0, 0.05) is 7.05 Å². The molecule has 0 aromatic heterocycles. The number of halogens is 2. The average Bonchev–Trinajstić information content (AvgIpc) is 2.63. The zero-order chi connectivity index (χ0) is 14.2. The van der Waals surface area contributed by atoms with E-state index in [-0.39, 0.29) is 28.1 Å². The minimum Gasteiger partial charge on any atom is -0.371 e. The van der Waals surface area contributed by atoms with Crippen LogP contribution in [0, 0.1) is 17.1 Å². The molecule has 0 aliphatic carbocycles. The van der Waals surface area contributed by atoms with Crippen molar-refractivity contribution in [2.45, 2.75) is 12.5 Å². The number of benzene rings is 1. The van der Waals surface area contributed by atoms with Gasteiger partial charge in [-0.05, 0) is 28.1 Å². The van der Waals surface area contributed by atoms with E-state index in [2.05, 4.69) is 21.2 Å². The van der Waals surface area contributed by atoms with Crippen molar-refractivity contribution in [3.05, 3.63) is 28.0 Å². The summed E-state index contributed by atoms with van der Waals surface area (Å²) >= 11 is 2.98. The number of nitrogens with one attached hydrogen (secondary N) is 1. The van der Waals surface area contributed by atoms with Gasteiger partial charge in [-0.2, -0.15) is 5.26 Å². The minimum atomic E-state index is -0.771. The van der Waals surface area contributed by atoms with E-state index in [1.54, 1.807) is 0 Å². The molecule has 1 fully saturated rings. The second-order valence-corrected chi connectivity index (χ2v) is 4.89. The van der Waals surface area contributed by atoms with Crippen molar-refractivity contribution >= 4 is 33.4 Å². The van der Waals surface area contributed by atoms with Crippen molar-refractivity contribution < 1.29 is 14.0 Å². The van der Waals surface area contributed by atoms with Crippen LogP contribution in [0.15, 0.2) is 16.6 Å². The Morgan fingerprint density at radius 1 is 1.53 bits per heavy atom. The molecule has 1 atom stereocenters. The van der Waals surface area contributed by atoms with Crippen LogP contribution >= 0.6 is 15.9 Å². The summed E-state index contributed by atoms with van der Waals surface area (Å²) in [5.41, 5.74) is 0.237. The summed E-state index contributed by atoms with van der Waals surface area (Å²) in [6.45, 7) is 0. The maximum Gasteiger partial charge on any atom is 0.251 e. The zero-order valence-electron chi connectivity index (χ0n) is 9.91. The normalized spacial score (nSPS) is 18.6. The van der Waals surface area contributed by atoms with Crippen molar-refractivity contribution in [3.63, 3.8) is 0 Å². The fourth-order valence-corrected chi connectivity index (χ4v) is 2.24. The van der Waals surface area contributed by atoms with Crippen molar-refractivity contribution in [2.75, 3.05) is 12.4 Å². The first-order valence-electron chi connectivity index (χ1n) is 5.40. The van der Waals surface area contributed by atoms with Crippen molar-refractivity contribution in [1.29, 1.82) is 5.26 Å². The molecule has 0 saturated carbocycles. The minimum absolute atomic E-state index is 0.00755. The van der Waals surface area contributed by atoms with Gasteiger partial charge in [-0.1, -0.05) is 0 Å². The van der Waals surface area contributed by atoms with E-state index < -0.39 is 17.8 Å². The van der Waals surface area contributed by atoms with Crippen LogP contribution in [0.5, 0.6) is 0 Å². The van der Waals surface area contributed by atoms with Crippen LogP contribution in [-0.4, -0.2) is 29.8 Å². The van der Waals surface area contributed by atoms with Gasteiger partial charge >= 0.3 is 0 Å². The van der Waals surface area contributed by atoms with Gasteiger partial charge in [0.15, 0.2) is 5.82 Å². The summed E-state index contributed by atoms with van der Waals surface area (Å²) in [7, 11) is 1.39. The molecule has 1 N–H and O–H groups in total. The van der Waals surface area contributed by atoms with Gasteiger partial charge in [0.2, 0.25) is 5.91 Å². The number of nitrogens with zero attached hydrogens (tertiary/aromatic N) is 2. The van der Waals surface area contributed by atoms with Crippen LogP contribution in [0.25, 0.3) is 0 Å². The Kier molecular flexibility index (Phi) is 3.53. The molecule has 1 aromatic rings. The lowest BCUT2D eigenvalue weighted by Gasteiger charge is -2.14. The first-order valence-corrected chi connectivity index (χ1v) is 6.20. The highest BCUT2D eigenvalue weighted by Gasteiger charge is 2.36. The Morgan fingerprint density at radius 2 is 2.21 bits per heavy atom. The molecule has 7 heteroatoms. The number of likely N-dealkylation sites (N-methyl/N-ethyl adjacent to an activating group) is 1. The molecule has 1 aliphatic heterocycles. The van der Waals surface area contributed by atoms with E-state index in [0.717, 1.165) is 4.90 Å². The number of likely N-dealkylation sites (tertiary alicyclic amines) is 1. The second-order valence-electron chi connectivity index (χ2n) is 4.09. The molecule has 1 unspecified atom stereocenters. The van der Waals surface area contributed by atoms with Crippen LogP contribution in [0.4, 0.5) is 10.1 Å². The molecule has 1 heterocycles. The van der Waals surface area contributed by atoms with Gasteiger partial charge in [-0.15, -0.1) is 0 Å². The van der Waals surface area contributed by atoms with E-state index in [0.29, 0.717) is 0 Å². The summed E-state index contributed by atoms with van der Waals surface area (Å²) in [5, 5.41) is 11.4. The summed E-state index contributed by atoms with van der Waals surface area (Å²) in [6, 6.07) is 3.87. The fourth-order valence-electron chi connectivity index (χ4n) is 1.80. The molecule has 2 amide bonds. The fraction of sp³-hybridized carbons (Fsp3) is 0.250. The Balaban J connectivity index is 2.26. The number of nitriles is 1. The van der Waals surface area contributed by atoms with Gasteiger partial charge in [0.05, 0.1) is 22.1 Å². The molecule has 0 radical (unpaired) electrons. The predicted octanol–water partition coefficient (Wildman–Crippen LogP) is 1.63. The molecule has 1 aromatic carbocycles. The smallest absolute Gasteiger partial charge is 0.251 e. The highest BCUT2D eigenvalue weighted by Crippen LogP contribution is 2.28. The highest BCUT2D eigenvalue weighted by molar-refractivity contribution is 9.10. The molecule has 1 aliphatic rings. The van der Waals surface area contributed by atoms with Crippen molar-refractivity contribution in [3.8, 4) is 6.07 Å². The van der Waals surface area contributed by atoms with E-state index in [1.807, 2.05) is 6.07 Å². The molecule has 19 heavy (non-hydrogen) atoms. The van der Waals surface area contributed by atoms with Gasteiger partial charge < -0.3 is 5.32 Å². The maximum atomic E-state index is 14.0. The number of hydrogen-bond donors (Lipinski definition) is 1. The van der Waals surface area contributed by atoms with Gasteiger partial charge in [0.1, 0.15) is 12.1 Å². The highest BCUT2D eigenvalue weighted by atomic mass is 79.9. The number of anilines is 1. The molecule has 0 bridgehead atoms. The van der Waals surface area contributed by atoms with Crippen molar-refractivity contribution in [2.24, 2.45) is 0 Å². The Bertz CT molecular complexity index is 612. The van der Waals surface area contributed by atoms with E-state index >= 15 is 0 Å². The molecule has 98 valence electrons. The Morgan fingerprint density at radius 3 is 2.74 bits per heavy atom. The summed E-state index contributed by atoms with van der Waals surface area (Å²) in [4.78, 5) is 24.1. The zero-order valence-corrected chi connectivity index (χ0v) is 11.5. The first-order chi connectivity index (χ1) is 8.95. The third-order valence-electron chi connectivity index (χ3n) is 2.91. The maximum absolute atomic E-state index is 14.0. The SMILES string of the molecule is CN1C(=O)CC(Nc2ccc(C#N)c(Br)c2F)C1=O. The standard InChI is InChI=1S/C12H9BrFN3O2/c1-17-9(18)4-8(12(17)19)16-7-3-2-6(5-15)10(13)11(7)14/h2-3,8,16H,4H2,1H3. The van der Waals surface area contributed by atoms with Crippen LogP contribution in [0.1, 0.15) is 12.0 Å². The van der Waals surface area contributed by atoms with E-state index in [4.69, 9.17) is 5.26 Å². The van der Waals surface area contributed by atoms with Gasteiger partial charge in [-0.3, -0.25) is 14.5 Å². The number of hydrogen-bond acceptors (Lipinski definition) is 4. The van der Waals surface area contributed by atoms with Crippen LogP contribution < -0.4 is 5.32 Å². The molecule has 0 spiro atoms. The number of amides is 2. The molecular weight excluding hydrogens is 317 g/mol. The topological polar surface area (TPSA) is 73.2 Å². The van der Waals surface area contributed by atoms with Gasteiger partial charge in [0.25, 0.3) is 5.91 Å². The summed E-state index contributed by atoms with van der Waals surface area (Å²) < 4.78 is 14.0. The average molecular weight is 326 g/mol. The third kappa shape index (κ3) is 2.31. The lowest BCUT2D eigenvalue weighted by atomic mass is 10.2. The molecular formula is C12H9BrFN3O2. The number of imide groups is 1. The van der Waals surface area contributed by atoms with Crippen LogP contribution in [0.3, 0.4) is 0 Å². The van der Waals surface area contributed by atoms with E-state index in [9.17, 15) is 14.0 Å². The Labute approximate surface area is 117 Å². The van der Waals surface area contributed by atoms with Crippen LogP contribution in [0.2, 0.25) is 0 Å². The van der Waals surface area contributed by atoms with Crippen molar-refractivity contribution in [1.82, 2.24) is 4.90 Å². The van der Waals surface area contributed by atoms with Gasteiger partial charge in [-0.25, -0.2) is 4.39 Å². The number of carbonyl (C=O) groups excluding carboxylic acids is 2. The summed E-state index contributed by atoms with van der Waals surface area (Å²) in [6.07, 6.45) is -0.00755. The summed E-state index contributed by atoms with van der Waals surface area (Å²) in [5.74, 6) is -1.37. The second kappa shape index (κ2) is 4.97. The number of rotatable bonds is 2. The molecule has 1 saturated heterocycles. The largest absolute Gasteiger partial charge is 0.371 e. The lowest BCUT2D eigenvalue weighted by molar-refractivity contribution is -0.136. The molecule has 2 rings (SSSR count). The monoisotopic (exact) mass is 325 g/mol. The predicted molar refractivity (Wildman–Crippen MR) is 68.6 cm³/mol. The molecule has 5 nitrogen and oxygen atoms in total. The first kappa shape index (κ1) is 13.5. The lowest BCUT2D eigenvalue weighted by Crippen LogP contribution is -2.32. The van der Waals surface area contributed by atoms with E-state index in [1.165, 1.54) is 19.2 Å². The Hall–Kier alpha value is -1.94. The van der Waals surface area contributed by atoms with Crippen LogP contribution in [-0.2, 0) is 9.59 Å². The number of carbonyl (C=O) groups is 2. The quantitative estimate of drug-likeness (QED) is 0.839.